The van der Waals surface area contributed by atoms with Gasteiger partial charge in [-0.25, -0.2) is 0 Å². The maximum Gasteiger partial charge on any atom is 0.161 e. The first-order chi connectivity index (χ1) is 8.12. The molecule has 0 saturated heterocycles. The maximum atomic E-state index is 5.27. The van der Waals surface area contributed by atoms with E-state index in [9.17, 15) is 0 Å². The molecular formula is C13H18BrNO2. The molecule has 1 aromatic carbocycles. The number of likely N-dealkylation sites (N-methyl/N-ethyl adjacent to an activating group) is 1. The Morgan fingerprint density at radius 1 is 1.24 bits per heavy atom. The van der Waals surface area contributed by atoms with Crippen molar-refractivity contribution in [2.45, 2.75) is 13.0 Å². The van der Waals surface area contributed by atoms with Crippen LogP contribution in [-0.4, -0.2) is 27.3 Å². The summed E-state index contributed by atoms with van der Waals surface area (Å²) >= 11 is 3.52. The van der Waals surface area contributed by atoms with Crippen LogP contribution in [0, 0.1) is 0 Å². The van der Waals surface area contributed by atoms with Crippen molar-refractivity contribution in [2.24, 2.45) is 0 Å². The molecule has 0 bridgehead atoms. The third-order valence-electron chi connectivity index (χ3n) is 2.52. The quantitative estimate of drug-likeness (QED) is 0.906. The van der Waals surface area contributed by atoms with Crippen molar-refractivity contribution < 1.29 is 9.47 Å². The summed E-state index contributed by atoms with van der Waals surface area (Å²) in [4.78, 5) is 0. The highest BCUT2D eigenvalue weighted by molar-refractivity contribution is 9.10. The highest BCUT2D eigenvalue weighted by atomic mass is 79.9. The molecule has 0 saturated carbocycles. The third kappa shape index (κ3) is 3.75. The van der Waals surface area contributed by atoms with Gasteiger partial charge in [-0.15, -0.1) is 0 Å². The standard InChI is InChI=1S/C13H18BrNO2/c1-9(15-2)5-6-10-7-12(16-3)13(17-4)8-11(10)14/h5-9,15H,1-4H3/b6-5+. The molecule has 0 aliphatic rings. The number of rotatable bonds is 5. The normalized spacial score (nSPS) is 12.8. The van der Waals surface area contributed by atoms with Gasteiger partial charge >= 0.3 is 0 Å². The van der Waals surface area contributed by atoms with E-state index in [1.807, 2.05) is 25.3 Å². The number of ether oxygens (including phenoxy) is 2. The molecule has 0 radical (unpaired) electrons. The number of benzene rings is 1. The van der Waals surface area contributed by atoms with Gasteiger partial charge in [0, 0.05) is 10.5 Å². The van der Waals surface area contributed by atoms with Crippen molar-refractivity contribution >= 4 is 22.0 Å². The molecule has 0 aromatic heterocycles. The Hall–Kier alpha value is -1.00. The summed E-state index contributed by atoms with van der Waals surface area (Å²) in [6, 6.07) is 4.18. The number of hydrogen-bond donors (Lipinski definition) is 1. The van der Waals surface area contributed by atoms with Gasteiger partial charge in [0.15, 0.2) is 11.5 Å². The average molecular weight is 300 g/mol. The van der Waals surface area contributed by atoms with Crippen LogP contribution in [0.15, 0.2) is 22.7 Å². The fourth-order valence-electron chi connectivity index (χ4n) is 1.34. The van der Waals surface area contributed by atoms with Crippen molar-refractivity contribution in [2.75, 3.05) is 21.3 Å². The predicted octanol–water partition coefficient (Wildman–Crippen LogP) is 3.09. The van der Waals surface area contributed by atoms with Crippen LogP contribution in [-0.2, 0) is 0 Å². The first-order valence-corrected chi connectivity index (χ1v) is 6.18. The second kappa shape index (κ2) is 6.67. The molecule has 0 aliphatic heterocycles. The average Bonchev–Trinajstić information content (AvgIpc) is 2.36. The lowest BCUT2D eigenvalue weighted by molar-refractivity contribution is 0.354. The molecule has 1 rings (SSSR count). The van der Waals surface area contributed by atoms with Crippen molar-refractivity contribution in [1.29, 1.82) is 0 Å². The minimum absolute atomic E-state index is 0.329. The molecule has 94 valence electrons. The second-order valence-electron chi connectivity index (χ2n) is 3.67. The molecule has 1 N–H and O–H groups in total. The van der Waals surface area contributed by atoms with E-state index in [0.717, 1.165) is 21.5 Å². The molecule has 1 atom stereocenters. The molecule has 3 nitrogen and oxygen atoms in total. The van der Waals surface area contributed by atoms with Crippen LogP contribution in [0.2, 0.25) is 0 Å². The van der Waals surface area contributed by atoms with Gasteiger partial charge in [-0.2, -0.15) is 0 Å². The van der Waals surface area contributed by atoms with Crippen LogP contribution in [0.1, 0.15) is 12.5 Å². The van der Waals surface area contributed by atoms with E-state index in [1.54, 1.807) is 14.2 Å². The maximum absolute atomic E-state index is 5.27. The molecule has 0 fully saturated rings. The summed E-state index contributed by atoms with van der Waals surface area (Å²) in [6.45, 7) is 2.09. The fourth-order valence-corrected chi connectivity index (χ4v) is 1.80. The third-order valence-corrected chi connectivity index (χ3v) is 3.21. The van der Waals surface area contributed by atoms with Gasteiger partial charge < -0.3 is 14.8 Å². The number of nitrogens with one attached hydrogen (secondary N) is 1. The molecule has 0 spiro atoms. The lowest BCUT2D eigenvalue weighted by Gasteiger charge is -2.10. The van der Waals surface area contributed by atoms with E-state index in [4.69, 9.17) is 9.47 Å². The number of methoxy groups -OCH3 is 2. The molecule has 0 aliphatic carbocycles. The Bertz CT molecular complexity index is 405. The van der Waals surface area contributed by atoms with E-state index in [2.05, 4.69) is 34.2 Å². The van der Waals surface area contributed by atoms with Crippen LogP contribution in [0.25, 0.3) is 6.08 Å². The first-order valence-electron chi connectivity index (χ1n) is 5.39. The van der Waals surface area contributed by atoms with Gasteiger partial charge in [0.05, 0.1) is 14.2 Å². The van der Waals surface area contributed by atoms with E-state index in [-0.39, 0.29) is 0 Å². The molecule has 0 heterocycles. The SMILES string of the molecule is CNC(C)/C=C/c1cc(OC)c(OC)cc1Br. The zero-order valence-corrected chi connectivity index (χ0v) is 12.2. The van der Waals surface area contributed by atoms with E-state index < -0.39 is 0 Å². The molecule has 1 aromatic rings. The van der Waals surface area contributed by atoms with Gasteiger partial charge in [-0.1, -0.05) is 28.1 Å². The Balaban J connectivity index is 3.04. The Kier molecular flexibility index (Phi) is 5.51. The van der Waals surface area contributed by atoms with Crippen molar-refractivity contribution in [3.8, 4) is 11.5 Å². The number of halogens is 1. The Morgan fingerprint density at radius 2 is 1.82 bits per heavy atom. The molecule has 4 heteroatoms. The van der Waals surface area contributed by atoms with Crippen LogP contribution in [0.5, 0.6) is 11.5 Å². The molecule has 0 amide bonds. The van der Waals surface area contributed by atoms with E-state index in [0.29, 0.717) is 6.04 Å². The first kappa shape index (κ1) is 14.1. The predicted molar refractivity (Wildman–Crippen MR) is 74.8 cm³/mol. The summed E-state index contributed by atoms with van der Waals surface area (Å²) in [6.07, 6.45) is 4.14. The van der Waals surface area contributed by atoms with Gasteiger partial charge in [0.2, 0.25) is 0 Å². The topological polar surface area (TPSA) is 30.5 Å². The second-order valence-corrected chi connectivity index (χ2v) is 4.52. The summed E-state index contributed by atoms with van der Waals surface area (Å²) in [5.74, 6) is 1.45. The van der Waals surface area contributed by atoms with Gasteiger partial charge in [0.25, 0.3) is 0 Å². The van der Waals surface area contributed by atoms with E-state index >= 15 is 0 Å². The largest absolute Gasteiger partial charge is 0.493 e. The smallest absolute Gasteiger partial charge is 0.161 e. The lowest BCUT2D eigenvalue weighted by Crippen LogP contribution is -2.17. The van der Waals surface area contributed by atoms with Gasteiger partial charge in [0.1, 0.15) is 0 Å². The van der Waals surface area contributed by atoms with Crippen LogP contribution < -0.4 is 14.8 Å². The lowest BCUT2D eigenvalue weighted by atomic mass is 10.1. The Morgan fingerprint density at radius 3 is 2.35 bits per heavy atom. The minimum atomic E-state index is 0.329. The summed E-state index contributed by atoms with van der Waals surface area (Å²) in [5, 5.41) is 3.15. The van der Waals surface area contributed by atoms with Gasteiger partial charge in [-0.05, 0) is 31.7 Å². The molecule has 1 unspecified atom stereocenters. The highest BCUT2D eigenvalue weighted by Gasteiger charge is 2.07. The fraction of sp³-hybridized carbons (Fsp3) is 0.385. The minimum Gasteiger partial charge on any atom is -0.493 e. The Labute approximate surface area is 111 Å². The zero-order valence-electron chi connectivity index (χ0n) is 10.6. The van der Waals surface area contributed by atoms with Crippen LogP contribution in [0.4, 0.5) is 0 Å². The molecule has 17 heavy (non-hydrogen) atoms. The summed E-state index contributed by atoms with van der Waals surface area (Å²) in [5.41, 5.74) is 1.06. The van der Waals surface area contributed by atoms with Gasteiger partial charge in [-0.3, -0.25) is 0 Å². The summed E-state index contributed by atoms with van der Waals surface area (Å²) in [7, 11) is 5.19. The van der Waals surface area contributed by atoms with Crippen molar-refractivity contribution in [3.05, 3.63) is 28.2 Å². The summed E-state index contributed by atoms with van der Waals surface area (Å²) < 4.78 is 11.5. The highest BCUT2D eigenvalue weighted by Crippen LogP contribution is 2.33. The number of hydrogen-bond acceptors (Lipinski definition) is 3. The van der Waals surface area contributed by atoms with Crippen molar-refractivity contribution in [3.63, 3.8) is 0 Å². The monoisotopic (exact) mass is 299 g/mol. The van der Waals surface area contributed by atoms with Crippen molar-refractivity contribution in [1.82, 2.24) is 5.32 Å². The van der Waals surface area contributed by atoms with Crippen LogP contribution >= 0.6 is 15.9 Å². The van der Waals surface area contributed by atoms with E-state index in [1.165, 1.54) is 0 Å². The van der Waals surface area contributed by atoms with Crippen LogP contribution in [0.3, 0.4) is 0 Å². The molecular weight excluding hydrogens is 282 g/mol. The zero-order chi connectivity index (χ0) is 12.8.